The number of carboxylic acids is 1. The van der Waals surface area contributed by atoms with Gasteiger partial charge in [-0.1, -0.05) is 6.07 Å². The Hall–Kier alpha value is -1.95. The fourth-order valence-corrected chi connectivity index (χ4v) is 2.00. The van der Waals surface area contributed by atoms with Gasteiger partial charge < -0.3 is 14.7 Å². The molecule has 1 amide bonds. The van der Waals surface area contributed by atoms with Gasteiger partial charge in [-0.25, -0.2) is 0 Å². The zero-order chi connectivity index (χ0) is 13.7. The summed E-state index contributed by atoms with van der Waals surface area (Å²) in [6, 6.07) is 5.55. The average Bonchev–Trinajstić information content (AvgIpc) is 2.41. The zero-order valence-corrected chi connectivity index (χ0v) is 10.5. The first kappa shape index (κ1) is 13.5. The highest BCUT2D eigenvalue weighted by atomic mass is 16.5. The van der Waals surface area contributed by atoms with E-state index in [4.69, 9.17) is 9.84 Å². The second-order valence-electron chi connectivity index (χ2n) is 4.37. The van der Waals surface area contributed by atoms with E-state index in [2.05, 4.69) is 4.98 Å². The van der Waals surface area contributed by atoms with Crippen molar-refractivity contribution in [3.8, 4) is 0 Å². The minimum absolute atomic E-state index is 0.0617. The Kier molecular flexibility index (Phi) is 4.46. The van der Waals surface area contributed by atoms with E-state index in [1.54, 1.807) is 11.1 Å². The number of carbonyl (C=O) groups excluding carboxylic acids is 1. The second-order valence-corrected chi connectivity index (χ2v) is 4.37. The average molecular weight is 264 g/mol. The highest BCUT2D eigenvalue weighted by molar-refractivity contribution is 5.82. The predicted octanol–water partition coefficient (Wildman–Crippen LogP) is 0.674. The van der Waals surface area contributed by atoms with Gasteiger partial charge in [0.25, 0.3) is 5.91 Å². The lowest BCUT2D eigenvalue weighted by molar-refractivity contribution is -0.155. The van der Waals surface area contributed by atoms with Crippen LogP contribution in [0.1, 0.15) is 18.5 Å². The van der Waals surface area contributed by atoms with Gasteiger partial charge in [0.1, 0.15) is 6.10 Å². The molecular formula is C13H16N2O4. The lowest BCUT2D eigenvalue weighted by atomic mass is 10.1. The fourth-order valence-electron chi connectivity index (χ4n) is 2.00. The monoisotopic (exact) mass is 264 g/mol. The van der Waals surface area contributed by atoms with Gasteiger partial charge in [0.15, 0.2) is 0 Å². The summed E-state index contributed by atoms with van der Waals surface area (Å²) < 4.78 is 5.33. The number of hydrogen-bond donors (Lipinski definition) is 1. The van der Waals surface area contributed by atoms with Crippen molar-refractivity contribution in [2.45, 2.75) is 25.5 Å². The van der Waals surface area contributed by atoms with Crippen LogP contribution in [0.2, 0.25) is 0 Å². The Bertz CT molecular complexity index is 449. The topological polar surface area (TPSA) is 79.7 Å². The molecule has 2 rings (SSSR count). The summed E-state index contributed by atoms with van der Waals surface area (Å²) in [6.45, 7) is 1.38. The molecule has 1 N–H and O–H groups in total. The summed E-state index contributed by atoms with van der Waals surface area (Å²) in [5, 5.41) is 8.64. The number of pyridine rings is 1. The maximum absolute atomic E-state index is 12.1. The van der Waals surface area contributed by atoms with E-state index in [1.165, 1.54) is 0 Å². The summed E-state index contributed by atoms with van der Waals surface area (Å²) in [5.41, 5.74) is 0.815. The summed E-state index contributed by atoms with van der Waals surface area (Å²) in [4.78, 5) is 28.5. The van der Waals surface area contributed by atoms with Gasteiger partial charge in [0.2, 0.25) is 0 Å². The molecule has 0 spiro atoms. The van der Waals surface area contributed by atoms with Crippen LogP contribution < -0.4 is 0 Å². The first-order valence-electron chi connectivity index (χ1n) is 6.19. The van der Waals surface area contributed by atoms with Crippen LogP contribution in [0.3, 0.4) is 0 Å². The minimum Gasteiger partial charge on any atom is -0.481 e. The van der Waals surface area contributed by atoms with Crippen molar-refractivity contribution in [3.05, 3.63) is 30.1 Å². The van der Waals surface area contributed by atoms with Gasteiger partial charge in [-0.3, -0.25) is 14.6 Å². The number of carboxylic acid groups (broad SMARTS) is 1. The lowest BCUT2D eigenvalue weighted by Gasteiger charge is -2.32. The molecule has 6 nitrogen and oxygen atoms in total. The molecule has 1 atom stereocenters. The van der Waals surface area contributed by atoms with E-state index in [9.17, 15) is 9.59 Å². The van der Waals surface area contributed by atoms with Crippen LogP contribution in [-0.4, -0.2) is 46.1 Å². The summed E-state index contributed by atoms with van der Waals surface area (Å²) in [5.74, 6) is -1.07. The molecule has 1 fully saturated rings. The van der Waals surface area contributed by atoms with Crippen LogP contribution >= 0.6 is 0 Å². The number of carbonyl (C=O) groups is 2. The molecule has 0 saturated carbocycles. The van der Waals surface area contributed by atoms with Crippen LogP contribution in [0.5, 0.6) is 0 Å². The quantitative estimate of drug-likeness (QED) is 0.845. The highest BCUT2D eigenvalue weighted by Crippen LogP contribution is 2.14. The molecule has 1 aliphatic heterocycles. The van der Waals surface area contributed by atoms with Crippen molar-refractivity contribution in [2.75, 3.05) is 13.2 Å². The van der Waals surface area contributed by atoms with Gasteiger partial charge >= 0.3 is 5.97 Å². The number of morpholine rings is 1. The highest BCUT2D eigenvalue weighted by Gasteiger charge is 2.29. The number of aromatic nitrogens is 1. The molecule has 0 bridgehead atoms. The van der Waals surface area contributed by atoms with Gasteiger partial charge in [-0.15, -0.1) is 0 Å². The molecule has 1 aromatic rings. The fraction of sp³-hybridized carbons (Fsp3) is 0.462. The Morgan fingerprint density at radius 1 is 1.53 bits per heavy atom. The lowest BCUT2D eigenvalue weighted by Crippen LogP contribution is -2.47. The summed E-state index contributed by atoms with van der Waals surface area (Å²) >= 11 is 0. The van der Waals surface area contributed by atoms with Gasteiger partial charge in [0.05, 0.1) is 18.8 Å². The van der Waals surface area contributed by atoms with Crippen molar-refractivity contribution in [1.82, 2.24) is 9.88 Å². The predicted molar refractivity (Wildman–Crippen MR) is 66.3 cm³/mol. The molecule has 102 valence electrons. The molecule has 1 saturated heterocycles. The van der Waals surface area contributed by atoms with E-state index in [0.29, 0.717) is 19.7 Å². The van der Waals surface area contributed by atoms with Crippen molar-refractivity contribution in [3.63, 3.8) is 0 Å². The Morgan fingerprint density at radius 3 is 3.05 bits per heavy atom. The summed E-state index contributed by atoms with van der Waals surface area (Å²) in [7, 11) is 0. The third-order valence-corrected chi connectivity index (χ3v) is 2.97. The Labute approximate surface area is 111 Å². The Morgan fingerprint density at radius 2 is 2.37 bits per heavy atom. The maximum atomic E-state index is 12.1. The van der Waals surface area contributed by atoms with E-state index in [1.807, 2.05) is 18.2 Å². The SMILES string of the molecule is O=C(O)CCC1OCCN(Cc2ccccn2)C1=O. The van der Waals surface area contributed by atoms with Gasteiger partial charge in [-0.2, -0.15) is 0 Å². The largest absolute Gasteiger partial charge is 0.481 e. The third kappa shape index (κ3) is 3.75. The van der Waals surface area contributed by atoms with E-state index >= 15 is 0 Å². The number of aliphatic carboxylic acids is 1. The number of ether oxygens (including phenoxy) is 1. The molecule has 0 radical (unpaired) electrons. The zero-order valence-electron chi connectivity index (χ0n) is 10.5. The smallest absolute Gasteiger partial charge is 0.303 e. The maximum Gasteiger partial charge on any atom is 0.303 e. The van der Waals surface area contributed by atoms with E-state index in [0.717, 1.165) is 5.69 Å². The van der Waals surface area contributed by atoms with Crippen LogP contribution in [0, 0.1) is 0 Å². The standard InChI is InChI=1S/C13H16N2O4/c16-12(17)5-4-11-13(18)15(7-8-19-11)9-10-3-1-2-6-14-10/h1-3,6,11H,4-5,7-9H2,(H,16,17). The second kappa shape index (κ2) is 6.29. The Balaban J connectivity index is 1.94. The normalized spacial score (nSPS) is 19.5. The van der Waals surface area contributed by atoms with Gasteiger partial charge in [-0.05, 0) is 18.6 Å². The van der Waals surface area contributed by atoms with Crippen LogP contribution in [-0.2, 0) is 20.9 Å². The van der Waals surface area contributed by atoms with Crippen LogP contribution in [0.15, 0.2) is 24.4 Å². The number of amides is 1. The molecule has 6 heteroatoms. The molecule has 0 aliphatic carbocycles. The first-order chi connectivity index (χ1) is 9.16. The molecule has 1 unspecified atom stereocenters. The number of nitrogens with zero attached hydrogens (tertiary/aromatic N) is 2. The van der Waals surface area contributed by atoms with Gasteiger partial charge in [0, 0.05) is 19.2 Å². The van der Waals surface area contributed by atoms with Crippen molar-refractivity contribution in [1.29, 1.82) is 0 Å². The molecular weight excluding hydrogens is 248 g/mol. The molecule has 0 aromatic carbocycles. The molecule has 2 heterocycles. The third-order valence-electron chi connectivity index (χ3n) is 2.97. The van der Waals surface area contributed by atoms with Crippen molar-refractivity contribution in [2.24, 2.45) is 0 Å². The summed E-state index contributed by atoms with van der Waals surface area (Å²) in [6.07, 6.45) is 1.19. The molecule has 19 heavy (non-hydrogen) atoms. The van der Waals surface area contributed by atoms with Crippen molar-refractivity contribution >= 4 is 11.9 Å². The molecule has 1 aliphatic rings. The van der Waals surface area contributed by atoms with Crippen LogP contribution in [0.25, 0.3) is 0 Å². The van der Waals surface area contributed by atoms with Crippen LogP contribution in [0.4, 0.5) is 0 Å². The number of hydrogen-bond acceptors (Lipinski definition) is 4. The van der Waals surface area contributed by atoms with E-state index < -0.39 is 12.1 Å². The minimum atomic E-state index is -0.918. The van der Waals surface area contributed by atoms with E-state index in [-0.39, 0.29) is 18.7 Å². The number of rotatable bonds is 5. The first-order valence-corrected chi connectivity index (χ1v) is 6.19. The molecule has 1 aromatic heterocycles. The van der Waals surface area contributed by atoms with Crippen molar-refractivity contribution < 1.29 is 19.4 Å².